The minimum absolute atomic E-state index is 0.636. The molecule has 0 amide bonds. The monoisotopic (exact) mass is 661 g/mol. The average molecular weight is 662 g/mol. The van der Waals surface area contributed by atoms with E-state index in [1.807, 2.05) is 12.1 Å². The molecule has 1 heterocycles. The zero-order valence-corrected chi connectivity index (χ0v) is 28.2. The number of nitrogens with zero attached hydrogens (tertiary/aromatic N) is 3. The maximum absolute atomic E-state index is 5.16. The molecule has 1 aromatic heterocycles. The molecule has 0 aliphatic heterocycles. The van der Waals surface area contributed by atoms with Crippen LogP contribution in [-0.4, -0.2) is 15.0 Å². The average Bonchev–Trinajstić information content (AvgIpc) is 3.23. The Kier molecular flexibility index (Phi) is 7.14. The number of aromatic nitrogens is 3. The lowest BCUT2D eigenvalue weighted by Crippen LogP contribution is -2.01. The van der Waals surface area contributed by atoms with Crippen LogP contribution in [0.3, 0.4) is 0 Å². The van der Waals surface area contributed by atoms with Crippen LogP contribution in [0.4, 0.5) is 0 Å². The van der Waals surface area contributed by atoms with Gasteiger partial charge in [-0.3, -0.25) is 0 Å². The standard InChI is InChI=1S/C49H31N3/c1-2-13-33(14-3-1)40-18-10-11-21-44(40)49-51-47(50-48(52-49)39-27-22-32-12-4-5-16-37(32)30-39)36-25-23-35(24-26-36)46-42-20-9-7-17-38(42)31-45-41-19-8-6-15-34(41)28-29-43(45)46/h1-31H. The number of hydrogen-bond donors (Lipinski definition) is 0. The van der Waals surface area contributed by atoms with Gasteiger partial charge in [-0.2, -0.15) is 0 Å². The topological polar surface area (TPSA) is 38.7 Å². The fourth-order valence-corrected chi connectivity index (χ4v) is 7.55. The predicted octanol–water partition coefficient (Wildman–Crippen LogP) is 12.8. The van der Waals surface area contributed by atoms with Crippen molar-refractivity contribution in [1.82, 2.24) is 15.0 Å². The van der Waals surface area contributed by atoms with E-state index in [1.165, 1.54) is 43.3 Å². The molecule has 0 aliphatic rings. The fraction of sp³-hybridized carbons (Fsp3) is 0. The molecule has 0 spiro atoms. The second-order valence-corrected chi connectivity index (χ2v) is 13.2. The summed E-state index contributed by atoms with van der Waals surface area (Å²) in [7, 11) is 0. The summed E-state index contributed by atoms with van der Waals surface area (Å²) < 4.78 is 0. The predicted molar refractivity (Wildman–Crippen MR) is 217 cm³/mol. The van der Waals surface area contributed by atoms with Gasteiger partial charge in [0.1, 0.15) is 0 Å². The van der Waals surface area contributed by atoms with E-state index in [-0.39, 0.29) is 0 Å². The molecule has 10 rings (SSSR count). The molecule has 52 heavy (non-hydrogen) atoms. The van der Waals surface area contributed by atoms with E-state index in [9.17, 15) is 0 Å². The maximum atomic E-state index is 5.16. The Morgan fingerprint density at radius 2 is 0.808 bits per heavy atom. The highest BCUT2D eigenvalue weighted by Crippen LogP contribution is 2.40. The molecule has 0 atom stereocenters. The van der Waals surface area contributed by atoms with E-state index in [2.05, 4.69) is 176 Å². The van der Waals surface area contributed by atoms with E-state index < -0.39 is 0 Å². The van der Waals surface area contributed by atoms with Crippen LogP contribution in [-0.2, 0) is 0 Å². The van der Waals surface area contributed by atoms with Crippen molar-refractivity contribution in [1.29, 1.82) is 0 Å². The molecular formula is C49H31N3. The molecule has 9 aromatic carbocycles. The number of hydrogen-bond acceptors (Lipinski definition) is 3. The third kappa shape index (κ3) is 5.19. The molecule has 0 bridgehead atoms. The summed E-state index contributed by atoms with van der Waals surface area (Å²) in [5.74, 6) is 1.92. The lowest BCUT2D eigenvalue weighted by atomic mass is 9.89. The summed E-state index contributed by atoms with van der Waals surface area (Å²) in [5, 5.41) is 9.79. The molecule has 3 heteroatoms. The van der Waals surface area contributed by atoms with Crippen molar-refractivity contribution in [2.75, 3.05) is 0 Å². The first-order chi connectivity index (χ1) is 25.8. The van der Waals surface area contributed by atoms with Gasteiger partial charge >= 0.3 is 0 Å². The largest absolute Gasteiger partial charge is 0.208 e. The van der Waals surface area contributed by atoms with E-state index in [0.717, 1.165) is 38.8 Å². The Morgan fingerprint density at radius 3 is 1.62 bits per heavy atom. The fourth-order valence-electron chi connectivity index (χ4n) is 7.55. The first-order valence-corrected chi connectivity index (χ1v) is 17.6. The Labute approximate surface area is 301 Å². The zero-order chi connectivity index (χ0) is 34.4. The molecule has 0 N–H and O–H groups in total. The molecule has 0 saturated carbocycles. The second kappa shape index (κ2) is 12.4. The lowest BCUT2D eigenvalue weighted by molar-refractivity contribution is 1.07. The van der Waals surface area contributed by atoms with E-state index in [0.29, 0.717) is 17.5 Å². The van der Waals surface area contributed by atoms with E-state index in [1.54, 1.807) is 0 Å². The highest BCUT2D eigenvalue weighted by molar-refractivity contribution is 6.20. The third-order valence-electron chi connectivity index (χ3n) is 10.1. The summed E-state index contributed by atoms with van der Waals surface area (Å²) in [5.41, 5.74) is 7.43. The first kappa shape index (κ1) is 29.9. The molecular weight excluding hydrogens is 631 g/mol. The highest BCUT2D eigenvalue weighted by Gasteiger charge is 2.17. The zero-order valence-electron chi connectivity index (χ0n) is 28.2. The van der Waals surface area contributed by atoms with Gasteiger partial charge in [-0.05, 0) is 77.5 Å². The summed E-state index contributed by atoms with van der Waals surface area (Å²) in [6.07, 6.45) is 0. The molecule has 0 saturated heterocycles. The van der Waals surface area contributed by atoms with Gasteiger partial charge < -0.3 is 0 Å². The second-order valence-electron chi connectivity index (χ2n) is 13.2. The summed E-state index contributed by atoms with van der Waals surface area (Å²) in [6.45, 7) is 0. The van der Waals surface area contributed by atoms with Crippen molar-refractivity contribution in [3.8, 4) is 56.4 Å². The summed E-state index contributed by atoms with van der Waals surface area (Å²) in [4.78, 5) is 15.4. The normalized spacial score (nSPS) is 11.5. The van der Waals surface area contributed by atoms with Crippen molar-refractivity contribution in [2.45, 2.75) is 0 Å². The van der Waals surface area contributed by atoms with Gasteiger partial charge in [0.25, 0.3) is 0 Å². The smallest absolute Gasteiger partial charge is 0.164 e. The summed E-state index contributed by atoms with van der Waals surface area (Å²) >= 11 is 0. The minimum atomic E-state index is 0.636. The van der Waals surface area contributed by atoms with Gasteiger partial charge in [0.15, 0.2) is 17.5 Å². The van der Waals surface area contributed by atoms with Crippen molar-refractivity contribution < 1.29 is 0 Å². The quantitative estimate of drug-likeness (QED) is 0.136. The summed E-state index contributed by atoms with van der Waals surface area (Å²) in [6, 6.07) is 66.4. The van der Waals surface area contributed by atoms with Crippen LogP contribution >= 0.6 is 0 Å². The van der Waals surface area contributed by atoms with Crippen molar-refractivity contribution in [2.24, 2.45) is 0 Å². The number of benzene rings is 9. The molecule has 3 nitrogen and oxygen atoms in total. The Bertz CT molecular complexity index is 2950. The maximum Gasteiger partial charge on any atom is 0.164 e. The van der Waals surface area contributed by atoms with Gasteiger partial charge in [0, 0.05) is 16.7 Å². The molecule has 0 fully saturated rings. The van der Waals surface area contributed by atoms with Gasteiger partial charge in [0.05, 0.1) is 0 Å². The van der Waals surface area contributed by atoms with Crippen molar-refractivity contribution in [3.63, 3.8) is 0 Å². The number of fused-ring (bicyclic) bond motifs is 5. The van der Waals surface area contributed by atoms with Crippen LogP contribution in [0.1, 0.15) is 0 Å². The third-order valence-corrected chi connectivity index (χ3v) is 10.1. The molecule has 242 valence electrons. The van der Waals surface area contributed by atoms with Gasteiger partial charge in [-0.25, -0.2) is 15.0 Å². The van der Waals surface area contributed by atoms with E-state index >= 15 is 0 Å². The van der Waals surface area contributed by atoms with Crippen LogP contribution in [0.2, 0.25) is 0 Å². The van der Waals surface area contributed by atoms with Gasteiger partial charge in [-0.15, -0.1) is 0 Å². The Balaban J connectivity index is 1.15. The van der Waals surface area contributed by atoms with Crippen LogP contribution in [0.15, 0.2) is 188 Å². The van der Waals surface area contributed by atoms with Crippen molar-refractivity contribution in [3.05, 3.63) is 188 Å². The molecule has 0 unspecified atom stereocenters. The van der Waals surface area contributed by atoms with Crippen LogP contribution < -0.4 is 0 Å². The SMILES string of the molecule is c1ccc(-c2ccccc2-c2nc(-c3ccc(-c4c5ccccc5cc5c4ccc4ccccc45)cc3)nc(-c3ccc4ccccc4c3)n2)cc1. The highest BCUT2D eigenvalue weighted by atomic mass is 15.0. The van der Waals surface area contributed by atoms with Crippen LogP contribution in [0.25, 0.3) is 99.5 Å². The molecule has 0 aliphatic carbocycles. The van der Waals surface area contributed by atoms with Crippen LogP contribution in [0, 0.1) is 0 Å². The number of rotatable bonds is 5. The Morgan fingerprint density at radius 1 is 0.250 bits per heavy atom. The van der Waals surface area contributed by atoms with Gasteiger partial charge in [0.2, 0.25) is 0 Å². The van der Waals surface area contributed by atoms with Gasteiger partial charge in [-0.1, -0.05) is 176 Å². The molecule has 10 aromatic rings. The lowest BCUT2D eigenvalue weighted by Gasteiger charge is -2.15. The first-order valence-electron chi connectivity index (χ1n) is 17.6. The van der Waals surface area contributed by atoms with E-state index in [4.69, 9.17) is 15.0 Å². The molecule has 0 radical (unpaired) electrons. The minimum Gasteiger partial charge on any atom is -0.208 e. The van der Waals surface area contributed by atoms with Crippen LogP contribution in [0.5, 0.6) is 0 Å². The Hall–Kier alpha value is -6.97. The van der Waals surface area contributed by atoms with Crippen molar-refractivity contribution >= 4 is 43.1 Å².